The fraction of sp³-hybridized carbons (Fsp3) is 0.222. The summed E-state index contributed by atoms with van der Waals surface area (Å²) in [5.41, 5.74) is 2.91. The first kappa shape index (κ1) is 16.0. The maximum absolute atomic E-state index is 13.7. The Bertz CT molecular complexity index is 790. The zero-order chi connectivity index (χ0) is 17.1. The van der Waals surface area contributed by atoms with Crippen molar-refractivity contribution < 1.29 is 9.18 Å². The highest BCUT2D eigenvalue weighted by Crippen LogP contribution is 2.23. The predicted molar refractivity (Wildman–Crippen MR) is 88.1 cm³/mol. The van der Waals surface area contributed by atoms with Gasteiger partial charge in [-0.25, -0.2) is 9.40 Å². The van der Waals surface area contributed by atoms with E-state index in [4.69, 9.17) is 5.26 Å². The Morgan fingerprint density at radius 1 is 1.29 bits per heavy atom. The van der Waals surface area contributed by atoms with Crippen molar-refractivity contribution in [3.63, 3.8) is 0 Å². The Morgan fingerprint density at radius 2 is 1.96 bits per heavy atom. The maximum atomic E-state index is 13.7. The molecule has 0 bridgehead atoms. The van der Waals surface area contributed by atoms with Crippen molar-refractivity contribution in [3.8, 4) is 6.07 Å². The van der Waals surface area contributed by atoms with Crippen LogP contribution in [0.4, 0.5) is 10.1 Å². The van der Waals surface area contributed by atoms with Gasteiger partial charge in [0, 0.05) is 20.1 Å². The Morgan fingerprint density at radius 3 is 2.58 bits per heavy atom. The first-order valence-corrected chi connectivity index (χ1v) is 7.60. The standard InChI is InChI=1S/C18H17FN4O/c1-22(23-11-14-4-2-3-5-15(14)12-23)18(24)10-21-17-8-13(9-20)6-7-16(17)19/h2-8,21H,10-12H2,1H3. The molecule has 5 nitrogen and oxygen atoms in total. The van der Waals surface area contributed by atoms with E-state index in [2.05, 4.69) is 17.4 Å². The number of amides is 1. The Balaban J connectivity index is 1.61. The summed E-state index contributed by atoms with van der Waals surface area (Å²) in [5.74, 6) is -0.664. The molecule has 2 aromatic carbocycles. The molecule has 3 rings (SSSR count). The summed E-state index contributed by atoms with van der Waals surface area (Å²) in [5, 5.41) is 15.1. The van der Waals surface area contributed by atoms with Crippen LogP contribution in [0.5, 0.6) is 0 Å². The molecule has 0 saturated heterocycles. The van der Waals surface area contributed by atoms with Crippen molar-refractivity contribution in [2.24, 2.45) is 0 Å². The number of nitriles is 1. The Kier molecular flexibility index (Phi) is 4.45. The van der Waals surface area contributed by atoms with Gasteiger partial charge in [-0.15, -0.1) is 0 Å². The van der Waals surface area contributed by atoms with Crippen LogP contribution >= 0.6 is 0 Å². The zero-order valence-corrected chi connectivity index (χ0v) is 13.3. The van der Waals surface area contributed by atoms with Crippen molar-refractivity contribution in [1.82, 2.24) is 10.0 Å². The summed E-state index contributed by atoms with van der Waals surface area (Å²) in [6.07, 6.45) is 0. The minimum Gasteiger partial charge on any atom is -0.374 e. The van der Waals surface area contributed by atoms with Gasteiger partial charge in [0.05, 0.1) is 23.9 Å². The molecule has 1 aliphatic rings. The fourth-order valence-corrected chi connectivity index (χ4v) is 2.70. The van der Waals surface area contributed by atoms with Crippen LogP contribution < -0.4 is 5.32 Å². The van der Waals surface area contributed by atoms with E-state index < -0.39 is 5.82 Å². The molecule has 122 valence electrons. The van der Waals surface area contributed by atoms with Crippen LogP contribution in [0.25, 0.3) is 0 Å². The van der Waals surface area contributed by atoms with Crippen molar-refractivity contribution in [2.45, 2.75) is 13.1 Å². The van der Waals surface area contributed by atoms with E-state index in [1.54, 1.807) is 12.1 Å². The number of nitrogens with zero attached hydrogens (tertiary/aromatic N) is 3. The van der Waals surface area contributed by atoms with Gasteiger partial charge in [-0.05, 0) is 29.3 Å². The first-order chi connectivity index (χ1) is 11.6. The molecule has 0 radical (unpaired) electrons. The summed E-state index contributed by atoms with van der Waals surface area (Å²) in [6, 6.07) is 14.0. The average Bonchev–Trinajstić information content (AvgIpc) is 3.04. The first-order valence-electron chi connectivity index (χ1n) is 7.60. The number of halogens is 1. The number of carbonyl (C=O) groups is 1. The smallest absolute Gasteiger partial charge is 0.255 e. The van der Waals surface area contributed by atoms with E-state index >= 15 is 0 Å². The van der Waals surface area contributed by atoms with Gasteiger partial charge in [0.25, 0.3) is 5.91 Å². The lowest BCUT2D eigenvalue weighted by Crippen LogP contribution is -2.43. The van der Waals surface area contributed by atoms with Gasteiger partial charge < -0.3 is 5.32 Å². The summed E-state index contributed by atoms with van der Waals surface area (Å²) in [6.45, 7) is 1.31. The monoisotopic (exact) mass is 324 g/mol. The van der Waals surface area contributed by atoms with Crippen molar-refractivity contribution in [3.05, 3.63) is 65.0 Å². The lowest BCUT2D eigenvalue weighted by Gasteiger charge is -2.28. The van der Waals surface area contributed by atoms with Crippen LogP contribution in [0.3, 0.4) is 0 Å². The molecule has 0 fully saturated rings. The third-order valence-corrected chi connectivity index (χ3v) is 4.13. The number of rotatable bonds is 4. The van der Waals surface area contributed by atoms with E-state index in [1.807, 2.05) is 23.2 Å². The number of hydrogen-bond acceptors (Lipinski definition) is 4. The third kappa shape index (κ3) is 3.21. The second kappa shape index (κ2) is 6.69. The van der Waals surface area contributed by atoms with Gasteiger partial charge in [0.2, 0.25) is 0 Å². The molecule has 0 aliphatic carbocycles. The highest BCUT2D eigenvalue weighted by atomic mass is 19.1. The summed E-state index contributed by atoms with van der Waals surface area (Å²) in [7, 11) is 1.71. The normalized spacial score (nSPS) is 13.2. The topological polar surface area (TPSA) is 59.4 Å². The largest absolute Gasteiger partial charge is 0.374 e. The molecule has 0 aromatic heterocycles. The number of benzene rings is 2. The average molecular weight is 324 g/mol. The molecule has 1 heterocycles. The number of fused-ring (bicyclic) bond motifs is 1. The van der Waals surface area contributed by atoms with E-state index in [0.717, 1.165) is 0 Å². The van der Waals surface area contributed by atoms with Crippen LogP contribution in [0.1, 0.15) is 16.7 Å². The van der Waals surface area contributed by atoms with Crippen molar-refractivity contribution in [1.29, 1.82) is 5.26 Å². The molecular weight excluding hydrogens is 307 g/mol. The van der Waals surface area contributed by atoms with Crippen LogP contribution in [0.2, 0.25) is 0 Å². The minimum atomic E-state index is -0.488. The lowest BCUT2D eigenvalue weighted by atomic mass is 10.1. The minimum absolute atomic E-state index is 0.0465. The zero-order valence-electron chi connectivity index (χ0n) is 13.3. The predicted octanol–water partition coefficient (Wildman–Crippen LogP) is 2.50. The number of likely N-dealkylation sites (N-methyl/N-ethyl adjacent to an activating group) is 1. The van der Waals surface area contributed by atoms with Crippen molar-refractivity contribution in [2.75, 3.05) is 18.9 Å². The molecule has 1 N–H and O–H groups in total. The summed E-state index contributed by atoms with van der Waals surface area (Å²) < 4.78 is 13.7. The lowest BCUT2D eigenvalue weighted by molar-refractivity contribution is -0.144. The van der Waals surface area contributed by atoms with Gasteiger partial charge >= 0.3 is 0 Å². The number of hydrogen-bond donors (Lipinski definition) is 1. The number of carbonyl (C=O) groups excluding carboxylic acids is 1. The van der Waals surface area contributed by atoms with Gasteiger partial charge in [-0.3, -0.25) is 9.80 Å². The Labute approximate surface area is 139 Å². The van der Waals surface area contributed by atoms with Crippen LogP contribution in [0.15, 0.2) is 42.5 Å². The molecular formula is C18H17FN4O. The summed E-state index contributed by atoms with van der Waals surface area (Å²) >= 11 is 0. The number of hydrazine groups is 1. The second-order valence-electron chi connectivity index (χ2n) is 5.67. The van der Waals surface area contributed by atoms with Crippen LogP contribution in [0, 0.1) is 17.1 Å². The van der Waals surface area contributed by atoms with Gasteiger partial charge in [0.15, 0.2) is 0 Å². The fourth-order valence-electron chi connectivity index (χ4n) is 2.70. The van der Waals surface area contributed by atoms with Crippen LogP contribution in [-0.4, -0.2) is 29.5 Å². The highest BCUT2D eigenvalue weighted by Gasteiger charge is 2.24. The van der Waals surface area contributed by atoms with Gasteiger partial charge in [-0.2, -0.15) is 5.26 Å². The van der Waals surface area contributed by atoms with E-state index in [-0.39, 0.29) is 18.1 Å². The molecule has 0 spiro atoms. The molecule has 1 amide bonds. The SMILES string of the molecule is CN(C(=O)CNc1cc(C#N)ccc1F)N1Cc2ccccc2C1. The quantitative estimate of drug-likeness (QED) is 0.939. The molecule has 1 aliphatic heterocycles. The number of nitrogens with one attached hydrogen (secondary N) is 1. The maximum Gasteiger partial charge on any atom is 0.255 e. The molecule has 0 saturated carbocycles. The van der Waals surface area contributed by atoms with E-state index in [1.165, 1.54) is 29.3 Å². The van der Waals surface area contributed by atoms with E-state index in [0.29, 0.717) is 18.7 Å². The highest BCUT2D eigenvalue weighted by molar-refractivity contribution is 5.80. The number of anilines is 1. The molecule has 2 aromatic rings. The van der Waals surface area contributed by atoms with Gasteiger partial charge in [0.1, 0.15) is 5.82 Å². The molecule has 6 heteroatoms. The van der Waals surface area contributed by atoms with Crippen molar-refractivity contribution >= 4 is 11.6 Å². The van der Waals surface area contributed by atoms with Crippen LogP contribution in [-0.2, 0) is 17.9 Å². The molecule has 24 heavy (non-hydrogen) atoms. The second-order valence-corrected chi connectivity index (χ2v) is 5.67. The third-order valence-electron chi connectivity index (χ3n) is 4.13. The molecule has 0 atom stereocenters. The Hall–Kier alpha value is -2.91. The molecule has 0 unspecified atom stereocenters. The van der Waals surface area contributed by atoms with Gasteiger partial charge in [-0.1, -0.05) is 24.3 Å². The van der Waals surface area contributed by atoms with E-state index in [9.17, 15) is 9.18 Å². The summed E-state index contributed by atoms with van der Waals surface area (Å²) in [4.78, 5) is 12.4.